The first-order valence-corrected chi connectivity index (χ1v) is 8.69. The van der Waals surface area contributed by atoms with Gasteiger partial charge in [0.15, 0.2) is 0 Å². The van der Waals surface area contributed by atoms with E-state index in [2.05, 4.69) is 15.3 Å². The predicted octanol–water partition coefficient (Wildman–Crippen LogP) is 3.49. The molecule has 136 valence electrons. The second kappa shape index (κ2) is 7.07. The zero-order valence-corrected chi connectivity index (χ0v) is 14.8. The van der Waals surface area contributed by atoms with E-state index >= 15 is 0 Å². The number of imidazole rings is 1. The summed E-state index contributed by atoms with van der Waals surface area (Å²) in [6, 6.07) is 13.6. The van der Waals surface area contributed by atoms with Crippen LogP contribution < -0.4 is 5.32 Å². The van der Waals surface area contributed by atoms with Crippen LogP contribution in [0.15, 0.2) is 67.1 Å². The van der Waals surface area contributed by atoms with Crippen molar-refractivity contribution in [1.29, 1.82) is 0 Å². The molecule has 0 unspecified atom stereocenters. The summed E-state index contributed by atoms with van der Waals surface area (Å²) in [6.45, 7) is 0. The second-order valence-electron chi connectivity index (χ2n) is 6.45. The number of carbonyl (C=O) groups excluding carboxylic acids is 1. The molecule has 2 aromatic carbocycles. The van der Waals surface area contributed by atoms with E-state index in [1.54, 1.807) is 35.2 Å². The van der Waals surface area contributed by atoms with Crippen molar-refractivity contribution in [2.24, 2.45) is 7.05 Å². The van der Waals surface area contributed by atoms with Crippen molar-refractivity contribution in [2.75, 3.05) is 0 Å². The summed E-state index contributed by atoms with van der Waals surface area (Å²) in [6.07, 6.45) is 5.44. The lowest BCUT2D eigenvalue weighted by Crippen LogP contribution is -2.32. The smallest absolute Gasteiger partial charge is 0.225 e. The van der Waals surface area contributed by atoms with Gasteiger partial charge in [-0.05, 0) is 17.7 Å². The molecule has 2 N–H and O–H groups in total. The maximum absolute atomic E-state index is 14.4. The second-order valence-corrected chi connectivity index (χ2v) is 6.45. The highest BCUT2D eigenvalue weighted by Crippen LogP contribution is 2.24. The molecule has 0 radical (unpaired) electrons. The topological polar surface area (TPSA) is 62.7 Å². The number of fused-ring (bicyclic) bond motifs is 1. The van der Waals surface area contributed by atoms with E-state index in [0.717, 1.165) is 16.5 Å². The Morgan fingerprint density at radius 1 is 1.22 bits per heavy atom. The van der Waals surface area contributed by atoms with Crippen molar-refractivity contribution in [1.82, 2.24) is 19.9 Å². The van der Waals surface area contributed by atoms with Crippen LogP contribution in [0.25, 0.3) is 10.9 Å². The number of halogens is 1. The van der Waals surface area contributed by atoms with Crippen LogP contribution in [0, 0.1) is 5.82 Å². The minimum atomic E-state index is -0.663. The van der Waals surface area contributed by atoms with Crippen molar-refractivity contribution < 1.29 is 9.18 Å². The molecule has 5 nitrogen and oxygen atoms in total. The molecule has 0 aliphatic carbocycles. The molecule has 0 fully saturated rings. The van der Waals surface area contributed by atoms with Gasteiger partial charge in [-0.25, -0.2) is 9.37 Å². The van der Waals surface area contributed by atoms with Gasteiger partial charge in [-0.3, -0.25) is 4.79 Å². The number of para-hydroxylation sites is 1. The highest BCUT2D eigenvalue weighted by atomic mass is 19.1. The molecular formula is C21H19FN4O. The van der Waals surface area contributed by atoms with E-state index in [1.165, 1.54) is 6.07 Å². The predicted molar refractivity (Wildman–Crippen MR) is 102 cm³/mol. The summed E-state index contributed by atoms with van der Waals surface area (Å²) < 4.78 is 16.2. The number of amides is 1. The van der Waals surface area contributed by atoms with Crippen molar-refractivity contribution in [3.63, 3.8) is 0 Å². The molecule has 4 rings (SSSR count). The van der Waals surface area contributed by atoms with Gasteiger partial charge in [0.05, 0.1) is 6.42 Å². The molecule has 2 aromatic heterocycles. The summed E-state index contributed by atoms with van der Waals surface area (Å²) in [5.74, 6) is 0.00118. The van der Waals surface area contributed by atoms with Crippen LogP contribution in [-0.4, -0.2) is 20.4 Å². The third-order valence-electron chi connectivity index (χ3n) is 4.66. The molecular weight excluding hydrogens is 343 g/mol. The van der Waals surface area contributed by atoms with E-state index in [9.17, 15) is 9.18 Å². The fourth-order valence-corrected chi connectivity index (χ4v) is 3.31. The average molecular weight is 362 g/mol. The summed E-state index contributed by atoms with van der Waals surface area (Å²) in [4.78, 5) is 20.2. The van der Waals surface area contributed by atoms with Gasteiger partial charge in [0.2, 0.25) is 5.91 Å². The maximum Gasteiger partial charge on any atom is 0.225 e. The van der Waals surface area contributed by atoms with Gasteiger partial charge in [-0.1, -0.05) is 36.4 Å². The minimum Gasteiger partial charge on any atom is -0.361 e. The number of H-pyrrole nitrogens is 1. The van der Waals surface area contributed by atoms with Gasteiger partial charge < -0.3 is 14.9 Å². The Kier molecular flexibility index (Phi) is 4.46. The van der Waals surface area contributed by atoms with Gasteiger partial charge in [-0.2, -0.15) is 0 Å². The monoisotopic (exact) mass is 362 g/mol. The Bertz CT molecular complexity index is 1100. The number of aromatic nitrogens is 3. The molecule has 2 heterocycles. The van der Waals surface area contributed by atoms with Crippen LogP contribution in [-0.2, 0) is 18.3 Å². The number of hydrogen-bond acceptors (Lipinski definition) is 2. The molecule has 0 saturated carbocycles. The SMILES string of the molecule is Cn1ccnc1[C@@H](NC(=O)Cc1c[nH]c2ccccc12)c1ccccc1F. The number of benzene rings is 2. The molecule has 27 heavy (non-hydrogen) atoms. The average Bonchev–Trinajstić information content (AvgIpc) is 3.27. The largest absolute Gasteiger partial charge is 0.361 e. The highest BCUT2D eigenvalue weighted by Gasteiger charge is 2.23. The zero-order valence-electron chi connectivity index (χ0n) is 14.8. The molecule has 1 atom stereocenters. The van der Waals surface area contributed by atoms with Crippen LogP contribution in [0.1, 0.15) is 23.0 Å². The third kappa shape index (κ3) is 3.33. The number of carbonyl (C=O) groups is 1. The Morgan fingerprint density at radius 3 is 2.78 bits per heavy atom. The van der Waals surface area contributed by atoms with E-state index in [-0.39, 0.29) is 18.1 Å². The number of aryl methyl sites for hydroxylation is 1. The van der Waals surface area contributed by atoms with Gasteiger partial charge in [0, 0.05) is 42.1 Å². The minimum absolute atomic E-state index is 0.194. The van der Waals surface area contributed by atoms with Crippen LogP contribution in [0.2, 0.25) is 0 Å². The molecule has 0 saturated heterocycles. The number of hydrogen-bond donors (Lipinski definition) is 2. The molecule has 0 bridgehead atoms. The highest BCUT2D eigenvalue weighted by molar-refractivity contribution is 5.89. The number of rotatable bonds is 5. The van der Waals surface area contributed by atoms with Gasteiger partial charge in [0.1, 0.15) is 17.7 Å². The van der Waals surface area contributed by atoms with E-state index in [4.69, 9.17) is 0 Å². The van der Waals surface area contributed by atoms with Gasteiger partial charge >= 0.3 is 0 Å². The van der Waals surface area contributed by atoms with Crippen LogP contribution in [0.5, 0.6) is 0 Å². The molecule has 0 spiro atoms. The lowest BCUT2D eigenvalue weighted by atomic mass is 10.0. The van der Waals surface area contributed by atoms with E-state index in [1.807, 2.05) is 37.5 Å². The summed E-state index contributed by atoms with van der Waals surface area (Å²) in [7, 11) is 1.82. The van der Waals surface area contributed by atoms with Crippen molar-refractivity contribution >= 4 is 16.8 Å². The lowest BCUT2D eigenvalue weighted by molar-refractivity contribution is -0.121. The van der Waals surface area contributed by atoms with Crippen LogP contribution in [0.4, 0.5) is 4.39 Å². The normalized spacial score (nSPS) is 12.2. The maximum atomic E-state index is 14.4. The van der Waals surface area contributed by atoms with Crippen molar-refractivity contribution in [2.45, 2.75) is 12.5 Å². The zero-order chi connectivity index (χ0) is 18.8. The summed E-state index contributed by atoms with van der Waals surface area (Å²) >= 11 is 0. The summed E-state index contributed by atoms with van der Waals surface area (Å²) in [5, 5.41) is 3.95. The van der Waals surface area contributed by atoms with E-state index < -0.39 is 6.04 Å². The Labute approximate surface area is 155 Å². The van der Waals surface area contributed by atoms with Crippen LogP contribution >= 0.6 is 0 Å². The van der Waals surface area contributed by atoms with Crippen LogP contribution in [0.3, 0.4) is 0 Å². The quantitative estimate of drug-likeness (QED) is 0.571. The Balaban J connectivity index is 1.63. The van der Waals surface area contributed by atoms with Gasteiger partial charge in [-0.15, -0.1) is 0 Å². The van der Waals surface area contributed by atoms with Crippen molar-refractivity contribution in [3.05, 3.63) is 89.9 Å². The molecule has 1 amide bonds. The first-order valence-electron chi connectivity index (χ1n) is 8.69. The molecule has 0 aliphatic rings. The number of aromatic amines is 1. The number of nitrogens with zero attached hydrogens (tertiary/aromatic N) is 2. The molecule has 4 aromatic rings. The van der Waals surface area contributed by atoms with Crippen molar-refractivity contribution in [3.8, 4) is 0 Å². The lowest BCUT2D eigenvalue weighted by Gasteiger charge is -2.19. The fourth-order valence-electron chi connectivity index (χ4n) is 3.31. The fraction of sp³-hybridized carbons (Fsp3) is 0.143. The Hall–Kier alpha value is -3.41. The van der Waals surface area contributed by atoms with Gasteiger partial charge in [0.25, 0.3) is 0 Å². The summed E-state index contributed by atoms with van der Waals surface area (Å²) in [5.41, 5.74) is 2.27. The molecule has 0 aliphatic heterocycles. The standard InChI is InChI=1S/C21H19FN4O/c1-26-11-10-23-21(26)20(16-7-2-4-8-17(16)22)25-19(27)12-14-13-24-18-9-5-3-6-15(14)18/h2-11,13,20,24H,12H2,1H3,(H,25,27)/t20-/m0/s1. The number of nitrogens with one attached hydrogen (secondary N) is 2. The third-order valence-corrected chi connectivity index (χ3v) is 4.66. The molecule has 6 heteroatoms. The van der Waals surface area contributed by atoms with E-state index in [0.29, 0.717) is 11.4 Å². The first kappa shape index (κ1) is 17.0. The Morgan fingerprint density at radius 2 is 2.00 bits per heavy atom. The first-order chi connectivity index (χ1) is 13.1.